The van der Waals surface area contributed by atoms with Crippen LogP contribution in [0.25, 0.3) is 0 Å². The molecular formula is C21H29NO4S. The highest BCUT2D eigenvalue weighted by atomic mass is 32.2. The van der Waals surface area contributed by atoms with Gasteiger partial charge in [-0.25, -0.2) is 0 Å². The quantitative estimate of drug-likeness (QED) is 0.849. The molecule has 0 heterocycles. The first-order chi connectivity index (χ1) is 12.7. The normalized spacial score (nSPS) is 32.6. The summed E-state index contributed by atoms with van der Waals surface area (Å²) in [6.45, 7) is 4.27. The third kappa shape index (κ3) is 3.11. The van der Waals surface area contributed by atoms with Crippen molar-refractivity contribution in [1.29, 1.82) is 0 Å². The molecule has 0 unspecified atom stereocenters. The molecular weight excluding hydrogens is 362 g/mol. The van der Waals surface area contributed by atoms with E-state index in [2.05, 4.69) is 13.8 Å². The summed E-state index contributed by atoms with van der Waals surface area (Å²) in [5, 5.41) is 5.12. The monoisotopic (exact) mass is 391 g/mol. The number of ketones is 1. The van der Waals surface area contributed by atoms with Gasteiger partial charge < -0.3 is 4.18 Å². The number of Topliss-reactive ketones (excluding diaryl/α,β-unsaturated/α-hetero) is 1. The maximum Gasteiger partial charge on any atom is 0.380 e. The second-order valence-corrected chi connectivity index (χ2v) is 9.92. The molecule has 2 saturated carbocycles. The van der Waals surface area contributed by atoms with Crippen LogP contribution in [0, 0.1) is 17.3 Å². The Morgan fingerprint density at radius 2 is 2.00 bits per heavy atom. The molecule has 6 heteroatoms. The Balaban J connectivity index is 1.73. The van der Waals surface area contributed by atoms with E-state index in [1.54, 1.807) is 6.07 Å². The first-order valence-electron chi connectivity index (χ1n) is 10.1. The molecule has 4 atom stereocenters. The van der Waals surface area contributed by atoms with Crippen LogP contribution in [0.15, 0.2) is 12.1 Å². The van der Waals surface area contributed by atoms with E-state index in [1.165, 1.54) is 11.1 Å². The SMILES string of the molecule is CCCc1c(OS(N)(=O)=O)ccc2c1CC[C@@H]1[C@@H]2CC[C@]2(C)C(=O)CC[C@@H]12. The van der Waals surface area contributed by atoms with E-state index in [0.29, 0.717) is 29.3 Å². The number of hydrogen-bond acceptors (Lipinski definition) is 4. The number of rotatable bonds is 4. The van der Waals surface area contributed by atoms with E-state index in [1.807, 2.05) is 6.07 Å². The predicted octanol–water partition coefficient (Wildman–Crippen LogP) is 3.65. The Morgan fingerprint density at radius 1 is 1.22 bits per heavy atom. The Hall–Kier alpha value is -1.40. The molecule has 0 amide bonds. The van der Waals surface area contributed by atoms with E-state index >= 15 is 0 Å². The van der Waals surface area contributed by atoms with Gasteiger partial charge in [-0.2, -0.15) is 13.6 Å². The van der Waals surface area contributed by atoms with Crippen molar-refractivity contribution < 1.29 is 17.4 Å². The number of hydrogen-bond donors (Lipinski definition) is 1. The molecule has 4 rings (SSSR count). The molecule has 0 saturated heterocycles. The molecule has 148 valence electrons. The summed E-state index contributed by atoms with van der Waals surface area (Å²) < 4.78 is 28.0. The molecule has 0 radical (unpaired) electrons. The Morgan fingerprint density at radius 3 is 2.70 bits per heavy atom. The van der Waals surface area contributed by atoms with Crippen LogP contribution in [0.2, 0.25) is 0 Å². The first kappa shape index (κ1) is 18.9. The largest absolute Gasteiger partial charge is 0.380 e. The Labute approximate surface area is 161 Å². The highest BCUT2D eigenvalue weighted by molar-refractivity contribution is 7.84. The van der Waals surface area contributed by atoms with Gasteiger partial charge in [0.05, 0.1) is 0 Å². The second kappa shape index (κ2) is 6.59. The standard InChI is InChI=1S/C21H29NO4S/c1-3-4-17-14-5-6-16-15(11-12-21(2)18(16)8-10-20(21)23)13(14)7-9-19(17)26-27(22,24)25/h7,9,15-16,18H,3-6,8,10-12H2,1-2H3,(H2,22,24,25)/t15-,16-,18+,21+/m1/s1. The van der Waals surface area contributed by atoms with Crippen molar-refractivity contribution in [3.8, 4) is 5.75 Å². The summed E-state index contributed by atoms with van der Waals surface area (Å²) in [6.07, 6.45) is 7.47. The molecule has 1 aromatic carbocycles. The molecule has 0 aliphatic heterocycles. The van der Waals surface area contributed by atoms with E-state index in [9.17, 15) is 13.2 Å². The van der Waals surface area contributed by atoms with E-state index in [4.69, 9.17) is 9.32 Å². The number of carbonyl (C=O) groups is 1. The van der Waals surface area contributed by atoms with E-state index in [0.717, 1.165) is 56.9 Å². The van der Waals surface area contributed by atoms with Crippen LogP contribution >= 0.6 is 0 Å². The van der Waals surface area contributed by atoms with E-state index < -0.39 is 10.3 Å². The van der Waals surface area contributed by atoms with Crippen LogP contribution in [-0.2, 0) is 27.9 Å². The molecule has 0 spiro atoms. The van der Waals surface area contributed by atoms with Crippen molar-refractivity contribution >= 4 is 16.1 Å². The van der Waals surface area contributed by atoms with Crippen LogP contribution in [0.4, 0.5) is 0 Å². The molecule has 3 aliphatic carbocycles. The van der Waals surface area contributed by atoms with Crippen molar-refractivity contribution in [3.63, 3.8) is 0 Å². The minimum absolute atomic E-state index is 0.123. The molecule has 1 aromatic rings. The average molecular weight is 392 g/mol. The lowest BCUT2D eigenvalue weighted by atomic mass is 9.55. The molecule has 5 nitrogen and oxygen atoms in total. The zero-order valence-electron chi connectivity index (χ0n) is 16.2. The molecule has 2 N–H and O–H groups in total. The van der Waals surface area contributed by atoms with Gasteiger partial charge in [-0.15, -0.1) is 0 Å². The van der Waals surface area contributed by atoms with Gasteiger partial charge >= 0.3 is 10.3 Å². The van der Waals surface area contributed by atoms with Crippen molar-refractivity contribution in [2.45, 2.75) is 71.1 Å². The molecule has 3 aliphatic rings. The van der Waals surface area contributed by atoms with Gasteiger partial charge in [0, 0.05) is 11.8 Å². The van der Waals surface area contributed by atoms with E-state index in [-0.39, 0.29) is 5.41 Å². The maximum absolute atomic E-state index is 12.5. The minimum atomic E-state index is -4.03. The third-order valence-corrected chi connectivity index (χ3v) is 7.82. The topological polar surface area (TPSA) is 86.5 Å². The predicted molar refractivity (Wildman–Crippen MR) is 104 cm³/mol. The number of benzene rings is 1. The fourth-order valence-electron chi connectivity index (χ4n) is 6.22. The minimum Gasteiger partial charge on any atom is -0.371 e. The Bertz CT molecular complexity index is 878. The molecule has 2 fully saturated rings. The highest BCUT2D eigenvalue weighted by Gasteiger charge is 2.54. The van der Waals surface area contributed by atoms with Crippen LogP contribution < -0.4 is 9.32 Å². The van der Waals surface area contributed by atoms with Crippen molar-refractivity contribution in [1.82, 2.24) is 0 Å². The lowest BCUT2D eigenvalue weighted by Gasteiger charge is -2.48. The average Bonchev–Trinajstić information content (AvgIpc) is 2.90. The summed E-state index contributed by atoms with van der Waals surface area (Å²) in [5.41, 5.74) is 3.48. The van der Waals surface area contributed by atoms with Crippen LogP contribution in [0.5, 0.6) is 5.75 Å². The maximum atomic E-state index is 12.5. The van der Waals surface area contributed by atoms with Crippen molar-refractivity contribution in [2.24, 2.45) is 22.4 Å². The van der Waals surface area contributed by atoms with Gasteiger partial charge in [-0.3, -0.25) is 4.79 Å². The number of fused-ring (bicyclic) bond motifs is 5. The van der Waals surface area contributed by atoms with Crippen LogP contribution in [0.3, 0.4) is 0 Å². The smallest absolute Gasteiger partial charge is 0.371 e. The van der Waals surface area contributed by atoms with Crippen molar-refractivity contribution in [2.75, 3.05) is 0 Å². The number of carbonyl (C=O) groups excluding carboxylic acids is 1. The summed E-state index contributed by atoms with van der Waals surface area (Å²) in [6, 6.07) is 3.83. The van der Waals surface area contributed by atoms with Crippen molar-refractivity contribution in [3.05, 3.63) is 28.8 Å². The van der Waals surface area contributed by atoms with Gasteiger partial charge in [-0.1, -0.05) is 26.3 Å². The number of nitrogens with two attached hydrogens (primary N) is 1. The fraction of sp³-hybridized carbons (Fsp3) is 0.667. The summed E-state index contributed by atoms with van der Waals surface area (Å²) >= 11 is 0. The lowest BCUT2D eigenvalue weighted by molar-refractivity contribution is -0.129. The van der Waals surface area contributed by atoms with Crippen LogP contribution in [-0.4, -0.2) is 14.2 Å². The molecule has 0 aromatic heterocycles. The second-order valence-electron chi connectivity index (χ2n) is 8.77. The first-order valence-corrected chi connectivity index (χ1v) is 11.6. The van der Waals surface area contributed by atoms with Gasteiger partial charge in [-0.05, 0) is 79.0 Å². The van der Waals surface area contributed by atoms with Gasteiger partial charge in [0.2, 0.25) is 0 Å². The Kier molecular flexibility index (Phi) is 4.62. The third-order valence-electron chi connectivity index (χ3n) is 7.40. The zero-order valence-corrected chi connectivity index (χ0v) is 17.0. The lowest BCUT2D eigenvalue weighted by Crippen LogP contribution is -2.42. The summed E-state index contributed by atoms with van der Waals surface area (Å²) in [7, 11) is -4.03. The van der Waals surface area contributed by atoms with Gasteiger partial charge in [0.25, 0.3) is 0 Å². The molecule has 0 bridgehead atoms. The summed E-state index contributed by atoms with van der Waals surface area (Å²) in [4.78, 5) is 12.5. The van der Waals surface area contributed by atoms with Crippen LogP contribution in [0.1, 0.15) is 75.0 Å². The van der Waals surface area contributed by atoms with Gasteiger partial charge in [0.1, 0.15) is 11.5 Å². The summed E-state index contributed by atoms with van der Waals surface area (Å²) in [5.74, 6) is 2.36. The highest BCUT2D eigenvalue weighted by Crippen LogP contribution is 2.60. The van der Waals surface area contributed by atoms with Gasteiger partial charge in [0.15, 0.2) is 0 Å². The zero-order chi connectivity index (χ0) is 19.4. The molecule has 27 heavy (non-hydrogen) atoms. The fourth-order valence-corrected chi connectivity index (χ4v) is 6.62.